The van der Waals surface area contributed by atoms with Gasteiger partial charge < -0.3 is 33.2 Å². The molecule has 12 nitrogen and oxygen atoms in total. The van der Waals surface area contributed by atoms with Gasteiger partial charge in [-0.15, -0.1) is 0 Å². The molecule has 37 heavy (non-hydrogen) atoms. The van der Waals surface area contributed by atoms with Crippen molar-refractivity contribution in [1.29, 1.82) is 0 Å². The van der Waals surface area contributed by atoms with Crippen LogP contribution in [-0.2, 0) is 52.4 Å². The summed E-state index contributed by atoms with van der Waals surface area (Å²) in [5.74, 6) is -2.79. The summed E-state index contributed by atoms with van der Waals surface area (Å²) in [6, 6.07) is 6.68. The third-order valence-electron chi connectivity index (χ3n) is 5.34. The van der Waals surface area contributed by atoms with Gasteiger partial charge in [-0.25, -0.2) is 0 Å². The number of rotatable bonds is 8. The molecule has 2 aliphatic rings. The van der Waals surface area contributed by atoms with Crippen LogP contribution in [-0.4, -0.2) is 67.0 Å². The number of ketones is 1. The topological polar surface area (TPSA) is 150 Å². The van der Waals surface area contributed by atoms with E-state index in [0.29, 0.717) is 5.56 Å². The third kappa shape index (κ3) is 7.53. The fourth-order valence-corrected chi connectivity index (χ4v) is 3.95. The first-order valence-corrected chi connectivity index (χ1v) is 11.5. The van der Waals surface area contributed by atoms with Gasteiger partial charge in [0.25, 0.3) is 0 Å². The van der Waals surface area contributed by atoms with Gasteiger partial charge in [-0.05, 0) is 6.07 Å². The van der Waals surface area contributed by atoms with Crippen LogP contribution in [0.4, 0.5) is 0 Å². The summed E-state index contributed by atoms with van der Waals surface area (Å²) in [4.78, 5) is 59.3. The summed E-state index contributed by atoms with van der Waals surface area (Å²) in [6.45, 7) is 4.19. The maximum Gasteiger partial charge on any atom is 0.303 e. The number of carbonyl (C=O) groups is 5. The smallest absolute Gasteiger partial charge is 0.303 e. The number of hydrogen-bond acceptors (Lipinski definition) is 12. The molecule has 200 valence electrons. The quantitative estimate of drug-likeness (QED) is 0.362. The molecule has 3 rings (SSSR count). The highest BCUT2D eigenvalue weighted by Crippen LogP contribution is 2.36. The molecule has 0 unspecified atom stereocenters. The van der Waals surface area contributed by atoms with Gasteiger partial charge in [-0.3, -0.25) is 24.0 Å². The van der Waals surface area contributed by atoms with E-state index in [1.165, 1.54) is 19.3 Å². The van der Waals surface area contributed by atoms with Crippen LogP contribution in [0.15, 0.2) is 36.6 Å². The van der Waals surface area contributed by atoms with Gasteiger partial charge in [0.15, 0.2) is 18.0 Å². The molecule has 0 amide bonds. The van der Waals surface area contributed by atoms with E-state index in [0.717, 1.165) is 20.8 Å². The van der Waals surface area contributed by atoms with Gasteiger partial charge in [0.2, 0.25) is 12.4 Å². The molecular weight excluding hydrogens is 492 g/mol. The van der Waals surface area contributed by atoms with Crippen LogP contribution in [0.5, 0.6) is 5.75 Å². The number of carbonyl (C=O) groups excluding carboxylic acids is 5. The highest BCUT2D eigenvalue weighted by molar-refractivity contribution is 5.90. The highest BCUT2D eigenvalue weighted by Gasteiger charge is 2.53. The second-order valence-electron chi connectivity index (χ2n) is 8.32. The van der Waals surface area contributed by atoms with Crippen LogP contribution < -0.4 is 4.74 Å². The van der Waals surface area contributed by atoms with Crippen LogP contribution in [0.25, 0.3) is 0 Å². The molecule has 1 saturated heterocycles. The number of esters is 4. The zero-order chi connectivity index (χ0) is 27.1. The minimum atomic E-state index is -1.41. The fourth-order valence-electron chi connectivity index (χ4n) is 3.95. The van der Waals surface area contributed by atoms with Crippen molar-refractivity contribution < 1.29 is 57.1 Å². The van der Waals surface area contributed by atoms with Crippen molar-refractivity contribution in [1.82, 2.24) is 0 Å². The maximum absolute atomic E-state index is 12.0. The average molecular weight is 520 g/mol. The molecule has 1 aromatic rings. The lowest BCUT2D eigenvalue weighted by molar-refractivity contribution is -0.288. The Kier molecular flexibility index (Phi) is 9.23. The molecule has 1 fully saturated rings. The minimum Gasteiger partial charge on any atom is -0.493 e. The molecule has 2 heterocycles. The highest BCUT2D eigenvalue weighted by atomic mass is 16.7. The van der Waals surface area contributed by atoms with Crippen LogP contribution in [0.1, 0.15) is 45.8 Å². The summed E-state index contributed by atoms with van der Waals surface area (Å²) >= 11 is 0. The van der Waals surface area contributed by atoms with E-state index in [-0.39, 0.29) is 24.6 Å². The molecule has 12 heteroatoms. The molecule has 0 saturated carbocycles. The van der Waals surface area contributed by atoms with Crippen molar-refractivity contribution >= 4 is 29.7 Å². The molecule has 0 N–H and O–H groups in total. The third-order valence-corrected chi connectivity index (χ3v) is 5.34. The zero-order valence-electron chi connectivity index (χ0n) is 20.7. The maximum atomic E-state index is 12.0. The van der Waals surface area contributed by atoms with Crippen molar-refractivity contribution in [3.05, 3.63) is 42.2 Å². The van der Waals surface area contributed by atoms with Gasteiger partial charge in [0.05, 0.1) is 12.7 Å². The Labute approximate surface area is 212 Å². The molecule has 0 aliphatic carbocycles. The lowest BCUT2D eigenvalue weighted by atomic mass is 9.97. The molecule has 0 bridgehead atoms. The molecular formula is C25H28O12. The summed E-state index contributed by atoms with van der Waals surface area (Å²) in [5.41, 5.74) is 0.507. The monoisotopic (exact) mass is 520 g/mol. The number of benzene rings is 1. The van der Waals surface area contributed by atoms with Gasteiger partial charge >= 0.3 is 23.9 Å². The predicted molar refractivity (Wildman–Crippen MR) is 122 cm³/mol. The number of hydrogen-bond donors (Lipinski definition) is 0. The standard InChI is InChI=1S/C25H28O12/c1-13(26)32-12-21-22(33-14(2)27)23(34-15(3)28)24(35-16(4)29)25(37-21)36-19-8-6-5-7-18(19)20-11-17(30)9-10-31-20/h5-10,20-25H,11-12H2,1-4H3/t20-,21-,22-,23+,24-,25-/m1/s1. The minimum absolute atomic E-state index is 0.0649. The van der Waals surface area contributed by atoms with E-state index >= 15 is 0 Å². The van der Waals surface area contributed by atoms with Crippen LogP contribution in [0.2, 0.25) is 0 Å². The Hall–Kier alpha value is -3.93. The molecule has 0 radical (unpaired) electrons. The van der Waals surface area contributed by atoms with Crippen molar-refractivity contribution in [2.24, 2.45) is 0 Å². The van der Waals surface area contributed by atoms with Crippen molar-refractivity contribution in [3.63, 3.8) is 0 Å². The Morgan fingerprint density at radius 3 is 2.11 bits per heavy atom. The Balaban J connectivity index is 2.00. The molecule has 0 spiro atoms. The van der Waals surface area contributed by atoms with Crippen molar-refractivity contribution in [3.8, 4) is 5.75 Å². The van der Waals surface area contributed by atoms with Crippen molar-refractivity contribution in [2.75, 3.05) is 6.61 Å². The first kappa shape index (κ1) is 27.7. The van der Waals surface area contributed by atoms with Crippen LogP contribution >= 0.6 is 0 Å². The van der Waals surface area contributed by atoms with E-state index in [1.807, 2.05) is 0 Å². The van der Waals surface area contributed by atoms with Crippen LogP contribution in [0.3, 0.4) is 0 Å². The van der Waals surface area contributed by atoms with Crippen LogP contribution in [0, 0.1) is 0 Å². The van der Waals surface area contributed by atoms with Gasteiger partial charge in [-0.2, -0.15) is 0 Å². The van der Waals surface area contributed by atoms with E-state index in [1.54, 1.807) is 24.3 Å². The SMILES string of the molecule is CC(=O)OC[C@H]1O[C@@H](Oc2ccccc2[C@H]2CC(=O)C=CO2)[C@H](OC(C)=O)[C@@H](OC(C)=O)[C@@H]1OC(C)=O. The number of ether oxygens (including phenoxy) is 7. The molecule has 2 aliphatic heterocycles. The van der Waals surface area contributed by atoms with E-state index in [2.05, 4.69) is 0 Å². The summed E-state index contributed by atoms with van der Waals surface area (Å²) in [5, 5.41) is 0. The van der Waals surface area contributed by atoms with Gasteiger partial charge in [0.1, 0.15) is 24.6 Å². The molecule has 6 atom stereocenters. The van der Waals surface area contributed by atoms with Crippen molar-refractivity contribution in [2.45, 2.75) is 70.9 Å². The summed E-state index contributed by atoms with van der Waals surface area (Å²) in [7, 11) is 0. The first-order valence-electron chi connectivity index (χ1n) is 11.5. The van der Waals surface area contributed by atoms with E-state index < -0.39 is 60.7 Å². The Bertz CT molecular complexity index is 1060. The lowest BCUT2D eigenvalue weighted by Crippen LogP contribution is -2.63. The fraction of sp³-hybridized carbons (Fsp3) is 0.480. The predicted octanol–water partition coefficient (Wildman–Crippen LogP) is 1.69. The number of para-hydroxylation sites is 1. The van der Waals surface area contributed by atoms with E-state index in [4.69, 9.17) is 33.2 Å². The average Bonchev–Trinajstić information content (AvgIpc) is 2.81. The first-order chi connectivity index (χ1) is 17.5. The van der Waals surface area contributed by atoms with Gasteiger partial charge in [-0.1, -0.05) is 18.2 Å². The zero-order valence-corrected chi connectivity index (χ0v) is 20.7. The van der Waals surface area contributed by atoms with Gasteiger partial charge in [0, 0.05) is 39.3 Å². The number of allylic oxidation sites excluding steroid dienone is 1. The Morgan fingerprint density at radius 1 is 0.865 bits per heavy atom. The molecule has 0 aromatic heterocycles. The lowest BCUT2D eigenvalue weighted by Gasteiger charge is -2.44. The Morgan fingerprint density at radius 2 is 1.49 bits per heavy atom. The normalized spacial score (nSPS) is 26.9. The second-order valence-corrected chi connectivity index (χ2v) is 8.32. The summed E-state index contributed by atoms with van der Waals surface area (Å²) < 4.78 is 38.9. The van der Waals surface area contributed by atoms with E-state index in [9.17, 15) is 24.0 Å². The largest absolute Gasteiger partial charge is 0.493 e. The summed E-state index contributed by atoms with van der Waals surface area (Å²) in [6.07, 6.45) is -4.60. The molecule has 1 aromatic carbocycles. The second kappa shape index (κ2) is 12.3.